The first-order valence-electron chi connectivity index (χ1n) is 11.4. The van der Waals surface area contributed by atoms with Crippen LogP contribution in [0.3, 0.4) is 0 Å². The Kier molecular flexibility index (Phi) is 7.14. The Morgan fingerprint density at radius 2 is 1.59 bits per heavy atom. The maximum atomic E-state index is 13.4. The summed E-state index contributed by atoms with van der Waals surface area (Å²) in [5.41, 5.74) is 7.06. The van der Waals surface area contributed by atoms with Gasteiger partial charge in [0.05, 0.1) is 17.0 Å². The van der Waals surface area contributed by atoms with Gasteiger partial charge in [-0.05, 0) is 53.4 Å². The Morgan fingerprint density at radius 1 is 0.941 bits per heavy atom. The Hall–Kier alpha value is -3.43. The molecule has 34 heavy (non-hydrogen) atoms. The van der Waals surface area contributed by atoms with E-state index in [4.69, 9.17) is 11.1 Å². The summed E-state index contributed by atoms with van der Waals surface area (Å²) in [6.07, 6.45) is 3.92. The van der Waals surface area contributed by atoms with Crippen molar-refractivity contribution in [2.45, 2.75) is 37.1 Å². The van der Waals surface area contributed by atoms with Crippen LogP contribution in [0.5, 0.6) is 0 Å². The lowest BCUT2D eigenvalue weighted by Crippen LogP contribution is -2.51. The van der Waals surface area contributed by atoms with Crippen LogP contribution >= 0.6 is 0 Å². The number of carbonyl (C=O) groups is 1. The van der Waals surface area contributed by atoms with Crippen molar-refractivity contribution in [1.29, 1.82) is 0 Å². The fourth-order valence-corrected chi connectivity index (χ4v) is 5.16. The van der Waals surface area contributed by atoms with Gasteiger partial charge in [0.15, 0.2) is 0 Å². The van der Waals surface area contributed by atoms with Gasteiger partial charge in [0.1, 0.15) is 0 Å². The molecular weight excluding hydrogens is 450 g/mol. The summed E-state index contributed by atoms with van der Waals surface area (Å²) < 4.78 is 26.6. The smallest absolute Gasteiger partial charge is 0.324 e. The van der Waals surface area contributed by atoms with E-state index < -0.39 is 10.0 Å². The van der Waals surface area contributed by atoms with E-state index in [1.54, 1.807) is 47.4 Å². The van der Waals surface area contributed by atoms with Crippen LogP contribution < -0.4 is 16.0 Å². The van der Waals surface area contributed by atoms with Gasteiger partial charge in [-0.25, -0.2) is 18.2 Å². The summed E-state index contributed by atoms with van der Waals surface area (Å²) in [4.78, 5) is 17.8. The first kappa shape index (κ1) is 23.7. The number of hydrogen-bond acceptors (Lipinski definition) is 3. The van der Waals surface area contributed by atoms with Crippen molar-refractivity contribution in [3.63, 3.8) is 0 Å². The van der Waals surface area contributed by atoms with Gasteiger partial charge in [-0.1, -0.05) is 55.3 Å². The molecule has 1 saturated heterocycles. The number of urea groups is 1. The zero-order chi connectivity index (χ0) is 24.1. The summed E-state index contributed by atoms with van der Waals surface area (Å²) in [7, 11) is -4.00. The van der Waals surface area contributed by atoms with Crippen LogP contribution in [-0.2, 0) is 16.6 Å². The van der Waals surface area contributed by atoms with E-state index in [0.717, 1.165) is 42.0 Å². The number of hydrogen-bond donors (Lipinski definition) is 3. The highest BCUT2D eigenvalue weighted by Gasteiger charge is 2.27. The van der Waals surface area contributed by atoms with Crippen molar-refractivity contribution < 1.29 is 18.6 Å². The summed E-state index contributed by atoms with van der Waals surface area (Å²) in [5, 5.41) is 8.57. The van der Waals surface area contributed by atoms with Gasteiger partial charge >= 0.3 is 6.03 Å². The van der Waals surface area contributed by atoms with Gasteiger partial charge in [-0.15, -0.1) is 4.83 Å². The molecule has 0 atom stereocenters. The van der Waals surface area contributed by atoms with Crippen LogP contribution in [0.25, 0.3) is 10.8 Å². The Balaban J connectivity index is 1.62. The number of carbonyl (C=O) groups excluding carboxylic acids is 1. The second-order valence-electron chi connectivity index (χ2n) is 8.53. The van der Waals surface area contributed by atoms with Crippen LogP contribution in [0.1, 0.15) is 36.8 Å². The number of amides is 2. The average Bonchev–Trinajstić information content (AvgIpc) is 3.13. The van der Waals surface area contributed by atoms with Gasteiger partial charge < -0.3 is 4.90 Å². The molecule has 0 saturated carbocycles. The van der Waals surface area contributed by atoms with E-state index in [1.165, 1.54) is 5.01 Å². The number of sulfonamides is 1. The number of fused-ring (bicyclic) bond motifs is 1. The summed E-state index contributed by atoms with van der Waals surface area (Å²) in [6, 6.07) is 19.2. The maximum absolute atomic E-state index is 13.4. The number of hydrazine groups is 1. The largest absolute Gasteiger partial charge is 0.335 e. The summed E-state index contributed by atoms with van der Waals surface area (Å²) in [6.45, 7) is 1.27. The van der Waals surface area contributed by atoms with Gasteiger partial charge in [-0.3, -0.25) is 11.1 Å². The third kappa shape index (κ3) is 5.55. The maximum Gasteiger partial charge on any atom is 0.335 e. The number of nitrogens with one attached hydrogen (secondary N) is 1. The second-order valence-corrected chi connectivity index (χ2v) is 10.2. The first-order valence-corrected chi connectivity index (χ1v) is 12.9. The summed E-state index contributed by atoms with van der Waals surface area (Å²) in [5.74, 6) is 0.195. The quantitative estimate of drug-likeness (QED) is 0.284. The third-order valence-electron chi connectivity index (χ3n) is 6.00. The van der Waals surface area contributed by atoms with Crippen molar-refractivity contribution in [1.82, 2.24) is 14.7 Å². The Labute approximate surface area is 199 Å². The lowest BCUT2D eigenvalue weighted by atomic mass is 10.1. The average molecular weight is 481 g/mol. The van der Waals surface area contributed by atoms with Gasteiger partial charge in [0.25, 0.3) is 15.9 Å². The zero-order valence-electron chi connectivity index (χ0n) is 19.0. The fraction of sp³-hybridized carbons (Fsp3) is 0.280. The number of benzene rings is 3. The highest BCUT2D eigenvalue weighted by atomic mass is 32.2. The molecular formula is C25H30N5O3S+. The van der Waals surface area contributed by atoms with Crippen LogP contribution in [0.4, 0.5) is 4.79 Å². The van der Waals surface area contributed by atoms with Crippen LogP contribution in [0.15, 0.2) is 71.6 Å². The number of nitrogens with two attached hydrogens (primary N) is 2. The standard InChI is InChI=1S/C25H29N5O3S/c26-24(27)21-11-9-19(10-12-21)18-30(25(31)29-15-5-1-2-6-16-29)28-34(32,33)23-14-13-20-7-3-4-8-22(20)17-23/h3-4,7-14,17,28H,1-2,5-6,15-16,18H2,(H3,26,27)/p+1. The molecule has 9 heteroatoms. The molecule has 0 aliphatic carbocycles. The van der Waals surface area contributed by atoms with E-state index in [-0.39, 0.29) is 23.3 Å². The summed E-state index contributed by atoms with van der Waals surface area (Å²) >= 11 is 0. The minimum absolute atomic E-state index is 0.0624. The van der Waals surface area contributed by atoms with Gasteiger partial charge in [-0.2, -0.15) is 0 Å². The van der Waals surface area contributed by atoms with Crippen molar-refractivity contribution >= 4 is 32.7 Å². The van der Waals surface area contributed by atoms with Crippen molar-refractivity contribution in [2.24, 2.45) is 5.73 Å². The minimum atomic E-state index is -4.00. The predicted octanol–water partition coefficient (Wildman–Crippen LogP) is 2.00. The molecule has 8 nitrogen and oxygen atoms in total. The highest BCUT2D eigenvalue weighted by Crippen LogP contribution is 2.20. The highest BCUT2D eigenvalue weighted by molar-refractivity contribution is 7.89. The normalized spacial score (nSPS) is 14.5. The van der Waals surface area contributed by atoms with Crippen LogP contribution in [-0.4, -0.2) is 43.3 Å². The van der Waals surface area contributed by atoms with E-state index in [1.807, 2.05) is 24.3 Å². The van der Waals surface area contributed by atoms with Crippen molar-refractivity contribution in [3.05, 3.63) is 77.9 Å². The number of amidine groups is 1. The molecule has 1 aliphatic heterocycles. The number of nitrogens with zero attached hydrogens (tertiary/aromatic N) is 2. The van der Waals surface area contributed by atoms with E-state index in [9.17, 15) is 13.2 Å². The van der Waals surface area contributed by atoms with Crippen LogP contribution in [0.2, 0.25) is 0 Å². The second kappa shape index (κ2) is 10.2. The SMILES string of the molecule is NC(=[NH2+])c1ccc(CN(NS(=O)(=O)c2ccc3ccccc3c2)C(=O)N2CCCCCC2)cc1. The molecule has 0 spiro atoms. The third-order valence-corrected chi connectivity index (χ3v) is 7.33. The molecule has 1 aliphatic rings. The number of rotatable bonds is 6. The molecule has 1 fully saturated rings. The molecule has 0 bridgehead atoms. The van der Waals surface area contributed by atoms with E-state index in [0.29, 0.717) is 18.7 Å². The molecule has 3 aromatic carbocycles. The predicted molar refractivity (Wildman–Crippen MR) is 132 cm³/mol. The molecule has 0 unspecified atom stereocenters. The van der Waals surface area contributed by atoms with Crippen LogP contribution in [0, 0.1) is 0 Å². The molecule has 0 aromatic heterocycles. The van der Waals surface area contributed by atoms with Crippen molar-refractivity contribution in [3.8, 4) is 0 Å². The van der Waals surface area contributed by atoms with E-state index in [2.05, 4.69) is 4.83 Å². The molecule has 3 aromatic rings. The monoisotopic (exact) mass is 480 g/mol. The number of likely N-dealkylation sites (tertiary alicyclic amines) is 1. The Morgan fingerprint density at radius 3 is 2.24 bits per heavy atom. The van der Waals surface area contributed by atoms with Gasteiger partial charge in [0.2, 0.25) is 0 Å². The van der Waals surface area contributed by atoms with E-state index >= 15 is 0 Å². The molecule has 2 amide bonds. The minimum Gasteiger partial charge on any atom is -0.324 e. The van der Waals surface area contributed by atoms with Gasteiger partial charge in [0, 0.05) is 13.1 Å². The molecule has 5 N–H and O–H groups in total. The van der Waals surface area contributed by atoms with Crippen molar-refractivity contribution in [2.75, 3.05) is 13.1 Å². The molecule has 4 rings (SSSR count). The first-order chi connectivity index (χ1) is 16.3. The fourth-order valence-electron chi connectivity index (χ4n) is 4.09. The Bertz CT molecular complexity index is 1280. The lowest BCUT2D eigenvalue weighted by Gasteiger charge is -2.30. The lowest BCUT2D eigenvalue weighted by molar-refractivity contribution is -0.114. The molecule has 1 heterocycles. The molecule has 0 radical (unpaired) electrons. The topological polar surface area (TPSA) is 121 Å². The zero-order valence-corrected chi connectivity index (χ0v) is 19.8. The molecule has 178 valence electrons.